The highest BCUT2D eigenvalue weighted by molar-refractivity contribution is 6.31. The molecule has 0 saturated carbocycles. The molecule has 2 aliphatic heterocycles. The fourth-order valence-corrected chi connectivity index (χ4v) is 5.01. The molecule has 2 amide bonds. The number of halogens is 3. The molecular weight excluding hydrogens is 500 g/mol. The average Bonchev–Trinajstić information content (AvgIpc) is 3.36. The molecule has 4 aromatic rings. The number of imide groups is 1. The molecule has 3 aromatic carbocycles. The van der Waals surface area contributed by atoms with Gasteiger partial charge in [0.05, 0.1) is 28.1 Å². The van der Waals surface area contributed by atoms with E-state index in [-0.39, 0.29) is 36.2 Å². The molecule has 0 fully saturated rings. The summed E-state index contributed by atoms with van der Waals surface area (Å²) >= 11 is 6.29. The smallest absolute Gasteiger partial charge is 0.261 e. The molecule has 0 saturated heterocycles. The van der Waals surface area contributed by atoms with Crippen LogP contribution in [0.5, 0.6) is 0 Å². The van der Waals surface area contributed by atoms with Gasteiger partial charge in [-0.25, -0.2) is 8.78 Å². The van der Waals surface area contributed by atoms with Gasteiger partial charge in [-0.05, 0) is 42.5 Å². The van der Waals surface area contributed by atoms with Crippen LogP contribution in [-0.2, 0) is 6.54 Å². The van der Waals surface area contributed by atoms with Crippen molar-refractivity contribution in [3.63, 3.8) is 0 Å². The van der Waals surface area contributed by atoms with Crippen LogP contribution in [0.3, 0.4) is 0 Å². The van der Waals surface area contributed by atoms with Crippen molar-refractivity contribution >= 4 is 29.1 Å². The topological polar surface area (TPSA) is 80.5 Å². The van der Waals surface area contributed by atoms with E-state index >= 15 is 0 Å². The SMILES string of the molecule is CC(CN1C(=O)c2ccccc2C1=O)c1nnc2n1-c1ccc(Cl)cc1C(c1c(F)cccc1F)=NC2. The molecule has 0 aliphatic carbocycles. The van der Waals surface area contributed by atoms with Crippen molar-refractivity contribution in [1.29, 1.82) is 0 Å². The van der Waals surface area contributed by atoms with E-state index in [4.69, 9.17) is 11.6 Å². The lowest BCUT2D eigenvalue weighted by atomic mass is 9.99. The molecule has 184 valence electrons. The molecule has 7 nitrogen and oxygen atoms in total. The minimum absolute atomic E-state index is 0.00213. The Bertz CT molecular complexity index is 1590. The first-order valence-corrected chi connectivity index (χ1v) is 11.9. The van der Waals surface area contributed by atoms with Crippen molar-refractivity contribution in [2.24, 2.45) is 4.99 Å². The van der Waals surface area contributed by atoms with E-state index in [0.717, 1.165) is 0 Å². The van der Waals surface area contributed by atoms with E-state index in [1.165, 1.54) is 23.1 Å². The van der Waals surface area contributed by atoms with E-state index < -0.39 is 17.6 Å². The van der Waals surface area contributed by atoms with E-state index in [9.17, 15) is 18.4 Å². The Hall–Kier alpha value is -4.24. The van der Waals surface area contributed by atoms with Crippen molar-refractivity contribution in [1.82, 2.24) is 19.7 Å². The van der Waals surface area contributed by atoms with Crippen LogP contribution in [0.15, 0.2) is 65.7 Å². The zero-order chi connectivity index (χ0) is 25.8. The van der Waals surface area contributed by atoms with Gasteiger partial charge in [-0.2, -0.15) is 0 Å². The van der Waals surface area contributed by atoms with Gasteiger partial charge in [0.15, 0.2) is 5.82 Å². The molecule has 37 heavy (non-hydrogen) atoms. The lowest BCUT2D eigenvalue weighted by molar-refractivity contribution is 0.0645. The molecule has 0 radical (unpaired) electrons. The lowest BCUT2D eigenvalue weighted by Gasteiger charge is -2.21. The number of benzene rings is 3. The first-order valence-electron chi connectivity index (χ1n) is 11.5. The predicted molar refractivity (Wildman–Crippen MR) is 132 cm³/mol. The fourth-order valence-electron chi connectivity index (χ4n) is 4.84. The number of carbonyl (C=O) groups is 2. The maximum Gasteiger partial charge on any atom is 0.261 e. The normalized spacial score (nSPS) is 15.1. The minimum atomic E-state index is -0.749. The van der Waals surface area contributed by atoms with Crippen LogP contribution >= 0.6 is 11.6 Å². The van der Waals surface area contributed by atoms with Gasteiger partial charge in [-0.15, -0.1) is 10.2 Å². The Kier molecular flexibility index (Phi) is 5.45. The first-order chi connectivity index (χ1) is 17.8. The van der Waals surface area contributed by atoms with Gasteiger partial charge >= 0.3 is 0 Å². The highest BCUT2D eigenvalue weighted by Gasteiger charge is 2.37. The maximum absolute atomic E-state index is 14.8. The molecule has 1 atom stereocenters. The number of rotatable bonds is 4. The molecule has 0 spiro atoms. The Labute approximate surface area is 215 Å². The third-order valence-electron chi connectivity index (χ3n) is 6.56. The quantitative estimate of drug-likeness (QED) is 0.359. The summed E-state index contributed by atoms with van der Waals surface area (Å²) in [6.07, 6.45) is 0. The van der Waals surface area contributed by atoms with Gasteiger partial charge in [0, 0.05) is 23.0 Å². The van der Waals surface area contributed by atoms with Crippen molar-refractivity contribution in [2.45, 2.75) is 19.4 Å². The Morgan fingerprint density at radius 1 is 0.919 bits per heavy atom. The zero-order valence-electron chi connectivity index (χ0n) is 19.5. The summed E-state index contributed by atoms with van der Waals surface area (Å²) in [7, 11) is 0. The van der Waals surface area contributed by atoms with Gasteiger partial charge in [-0.3, -0.25) is 24.0 Å². The van der Waals surface area contributed by atoms with Gasteiger partial charge in [0.1, 0.15) is 24.0 Å². The van der Waals surface area contributed by atoms with Crippen LogP contribution in [0.1, 0.15) is 56.3 Å². The number of amides is 2. The predicted octanol–water partition coefficient (Wildman–Crippen LogP) is 4.95. The Balaban J connectivity index is 1.42. The highest BCUT2D eigenvalue weighted by atomic mass is 35.5. The van der Waals surface area contributed by atoms with Crippen LogP contribution in [0.4, 0.5) is 8.78 Å². The highest BCUT2D eigenvalue weighted by Crippen LogP contribution is 2.32. The van der Waals surface area contributed by atoms with E-state index in [0.29, 0.717) is 39.0 Å². The van der Waals surface area contributed by atoms with E-state index in [1.54, 1.807) is 47.0 Å². The molecule has 10 heteroatoms. The van der Waals surface area contributed by atoms with Crippen LogP contribution in [-0.4, -0.2) is 43.7 Å². The maximum atomic E-state index is 14.8. The van der Waals surface area contributed by atoms with Gasteiger partial charge in [0.25, 0.3) is 11.8 Å². The van der Waals surface area contributed by atoms with Crippen molar-refractivity contribution in [3.8, 4) is 5.69 Å². The second-order valence-electron chi connectivity index (χ2n) is 8.90. The molecule has 1 unspecified atom stereocenters. The van der Waals surface area contributed by atoms with Crippen LogP contribution in [0, 0.1) is 11.6 Å². The lowest BCUT2D eigenvalue weighted by Crippen LogP contribution is -2.34. The third kappa shape index (κ3) is 3.65. The van der Waals surface area contributed by atoms with Crippen LogP contribution in [0.2, 0.25) is 5.02 Å². The molecule has 6 rings (SSSR count). The van der Waals surface area contributed by atoms with Gasteiger partial charge in [-0.1, -0.05) is 36.7 Å². The molecule has 1 aromatic heterocycles. The summed E-state index contributed by atoms with van der Waals surface area (Å²) in [6, 6.07) is 15.3. The number of aromatic nitrogens is 3. The second kappa shape index (κ2) is 8.70. The van der Waals surface area contributed by atoms with Gasteiger partial charge < -0.3 is 0 Å². The second-order valence-corrected chi connectivity index (χ2v) is 9.34. The van der Waals surface area contributed by atoms with E-state index in [1.807, 2.05) is 6.92 Å². The third-order valence-corrected chi connectivity index (χ3v) is 6.80. The van der Waals surface area contributed by atoms with Crippen molar-refractivity contribution < 1.29 is 18.4 Å². The Morgan fingerprint density at radius 3 is 2.27 bits per heavy atom. The van der Waals surface area contributed by atoms with Crippen LogP contribution < -0.4 is 0 Å². The monoisotopic (exact) mass is 517 g/mol. The van der Waals surface area contributed by atoms with Crippen molar-refractivity contribution in [2.75, 3.05) is 6.54 Å². The molecular formula is C27H18ClF2N5O2. The molecule has 0 N–H and O–H groups in total. The first kappa shape index (κ1) is 23.2. The zero-order valence-corrected chi connectivity index (χ0v) is 20.2. The summed E-state index contributed by atoms with van der Waals surface area (Å²) in [4.78, 5) is 31.5. The summed E-state index contributed by atoms with van der Waals surface area (Å²) in [5.74, 6) is -1.73. The Morgan fingerprint density at radius 2 is 1.59 bits per heavy atom. The summed E-state index contributed by atoms with van der Waals surface area (Å²) in [6.45, 7) is 1.91. The molecule has 3 heterocycles. The standard InChI is InChI=1S/C27H18ClF2N5O2/c1-14(13-34-26(36)16-5-2-3-6-17(16)27(34)37)25-33-32-22-12-31-24(23-19(29)7-4-8-20(23)30)18-11-15(28)9-10-21(18)35(22)25/h2-11,14H,12-13H2,1H3. The number of hydrogen-bond donors (Lipinski definition) is 0. The fraction of sp³-hybridized carbons (Fsp3) is 0.148. The molecule has 2 aliphatic rings. The van der Waals surface area contributed by atoms with Gasteiger partial charge in [0.2, 0.25) is 0 Å². The van der Waals surface area contributed by atoms with E-state index in [2.05, 4.69) is 15.2 Å². The number of carbonyl (C=O) groups excluding carboxylic acids is 2. The largest absolute Gasteiger partial charge is 0.280 e. The summed E-state index contributed by atoms with van der Waals surface area (Å²) in [5.41, 5.74) is 1.52. The van der Waals surface area contributed by atoms with Crippen LogP contribution in [0.25, 0.3) is 5.69 Å². The molecule has 0 bridgehead atoms. The average molecular weight is 518 g/mol. The number of hydrogen-bond acceptors (Lipinski definition) is 5. The number of fused-ring (bicyclic) bond motifs is 4. The summed E-state index contributed by atoms with van der Waals surface area (Å²) < 4.78 is 31.3. The summed E-state index contributed by atoms with van der Waals surface area (Å²) in [5, 5.41) is 8.99. The number of nitrogens with zero attached hydrogens (tertiary/aromatic N) is 5. The van der Waals surface area contributed by atoms with Crippen molar-refractivity contribution in [3.05, 3.63) is 111 Å². The minimum Gasteiger partial charge on any atom is -0.280 e. The number of aliphatic imine (C=N–C) groups is 1.